The van der Waals surface area contributed by atoms with Crippen LogP contribution in [0.25, 0.3) is 109 Å². The fourth-order valence-corrected chi connectivity index (χ4v) is 12.5. The first-order valence-corrected chi connectivity index (χ1v) is 26.3. The highest BCUT2D eigenvalue weighted by atomic mass is 16.3. The predicted molar refractivity (Wildman–Crippen MR) is 324 cm³/mol. The number of furan rings is 1. The van der Waals surface area contributed by atoms with Gasteiger partial charge in [-0.25, -0.2) is 0 Å². The number of rotatable bonds is 8. The lowest BCUT2D eigenvalue weighted by Crippen LogP contribution is -2.10. The van der Waals surface area contributed by atoms with Gasteiger partial charge in [0.2, 0.25) is 0 Å². The summed E-state index contributed by atoms with van der Waals surface area (Å²) in [6.07, 6.45) is 0. The van der Waals surface area contributed by atoms with E-state index in [1.54, 1.807) is 0 Å². The summed E-state index contributed by atoms with van der Waals surface area (Å²) < 4.78 is 12.1. The van der Waals surface area contributed by atoms with Crippen LogP contribution in [0.4, 0.5) is 34.1 Å². The zero-order valence-corrected chi connectivity index (χ0v) is 41.8. The molecule has 0 N–H and O–H groups in total. The third-order valence-electron chi connectivity index (χ3n) is 15.8. The minimum absolute atomic E-state index is 0.894. The van der Waals surface area contributed by atoms with Gasteiger partial charge in [-0.3, -0.25) is 0 Å². The molecule has 5 nitrogen and oxygen atoms in total. The van der Waals surface area contributed by atoms with Gasteiger partial charge in [-0.15, -0.1) is 0 Å². The summed E-state index contributed by atoms with van der Waals surface area (Å²) in [6.45, 7) is 0. The zero-order valence-electron chi connectivity index (χ0n) is 41.8. The molecule has 0 aliphatic carbocycles. The minimum atomic E-state index is 0.894. The zero-order chi connectivity index (χ0) is 50.6. The van der Waals surface area contributed by atoms with E-state index in [1.807, 2.05) is 0 Å². The van der Waals surface area contributed by atoms with Gasteiger partial charge in [0.25, 0.3) is 0 Å². The van der Waals surface area contributed by atoms with Gasteiger partial charge in [0, 0.05) is 66.4 Å². The molecule has 13 aromatic carbocycles. The van der Waals surface area contributed by atoms with Crippen molar-refractivity contribution in [3.8, 4) is 11.4 Å². The Morgan fingerprint density at radius 1 is 0.247 bits per heavy atom. The van der Waals surface area contributed by atoms with Crippen LogP contribution in [0, 0.1) is 0 Å². The van der Waals surface area contributed by atoms with E-state index in [0.717, 1.165) is 111 Å². The number of aromatic nitrogens is 2. The monoisotopic (exact) mass is 982 g/mol. The summed E-state index contributed by atoms with van der Waals surface area (Å²) >= 11 is 0. The first-order valence-electron chi connectivity index (χ1n) is 26.3. The maximum atomic E-state index is 7.35. The fourth-order valence-electron chi connectivity index (χ4n) is 12.5. The van der Waals surface area contributed by atoms with Crippen LogP contribution in [-0.2, 0) is 0 Å². The quantitative estimate of drug-likeness (QED) is 0.142. The van der Waals surface area contributed by atoms with Crippen molar-refractivity contribution >= 4 is 132 Å². The first-order chi connectivity index (χ1) is 38.2. The smallest absolute Gasteiger partial charge is 0.145 e. The van der Waals surface area contributed by atoms with Crippen molar-refractivity contribution in [1.82, 2.24) is 9.13 Å². The van der Waals surface area contributed by atoms with Crippen LogP contribution in [0.2, 0.25) is 0 Å². The maximum Gasteiger partial charge on any atom is 0.145 e. The lowest BCUT2D eigenvalue weighted by Gasteiger charge is -2.27. The van der Waals surface area contributed by atoms with Gasteiger partial charge in [0.1, 0.15) is 11.2 Å². The van der Waals surface area contributed by atoms with Gasteiger partial charge in [-0.05, 0) is 143 Å². The Labute approximate surface area is 443 Å². The molecular weight excluding hydrogens is 937 g/mol. The van der Waals surface area contributed by atoms with Gasteiger partial charge >= 0.3 is 0 Å². The van der Waals surface area contributed by atoms with Gasteiger partial charge in [-0.2, -0.15) is 0 Å². The van der Waals surface area contributed by atoms with Crippen LogP contribution >= 0.6 is 0 Å². The molecular formula is C72H46N4O. The summed E-state index contributed by atoms with van der Waals surface area (Å²) in [5.74, 6) is 0. The van der Waals surface area contributed by atoms with E-state index >= 15 is 0 Å². The number of nitrogens with zero attached hydrogens (tertiary/aromatic N) is 4. The summed E-state index contributed by atoms with van der Waals surface area (Å²) in [7, 11) is 0. The SMILES string of the molecule is c1ccc(N(c2ccc(-n3c4ccccc4c4c5oc6c(ccc7c6c6ccccc6n7-c6ccc(N(c7ccccc7)c7cc8ccccc8c8ccccc78)cc6)c5ccc43)cc2)c2cccc3ccccc23)cc1. The van der Waals surface area contributed by atoms with E-state index in [2.05, 4.69) is 298 Å². The number of anilines is 6. The standard InChI is InChI=1S/C72H46N4O/c1-3-21-49(22-4-1)73(63-33-17-20-47-18-7-10-26-56(47)63)51-34-38-53(39-35-51)75-64-31-15-13-29-61(64)69-66(75)44-42-59-60-43-45-67-70(72(60)77-71(59)69)62-30-14-16-32-65(62)76(67)54-40-36-52(37-41-54)74(50-23-5-2-6-24-50)68-46-48-19-8-9-25-55(48)57-27-11-12-28-58(57)68/h1-46H. The topological polar surface area (TPSA) is 29.5 Å². The Balaban J connectivity index is 0.835. The van der Waals surface area contributed by atoms with E-state index in [0.29, 0.717) is 0 Å². The Hall–Kier alpha value is -10.4. The van der Waals surface area contributed by atoms with Gasteiger partial charge in [-0.1, -0.05) is 158 Å². The molecule has 0 bridgehead atoms. The second-order valence-electron chi connectivity index (χ2n) is 20.0. The molecule has 0 saturated carbocycles. The first kappa shape index (κ1) is 43.1. The highest BCUT2D eigenvalue weighted by molar-refractivity contribution is 6.29. The van der Waals surface area contributed by atoms with Crippen molar-refractivity contribution in [3.05, 3.63) is 279 Å². The number of para-hydroxylation sites is 4. The molecule has 3 aromatic heterocycles. The normalized spacial score (nSPS) is 11.9. The third-order valence-corrected chi connectivity index (χ3v) is 15.8. The van der Waals surface area contributed by atoms with E-state index in [4.69, 9.17) is 4.42 Å². The molecule has 0 spiro atoms. The molecule has 0 saturated heterocycles. The lowest BCUT2D eigenvalue weighted by atomic mass is 9.99. The average Bonchev–Trinajstić information content (AvgIpc) is 4.38. The Morgan fingerprint density at radius 3 is 1.22 bits per heavy atom. The minimum Gasteiger partial charge on any atom is -0.455 e. The van der Waals surface area contributed by atoms with Crippen LogP contribution < -0.4 is 9.80 Å². The number of benzene rings is 13. The molecule has 0 atom stereocenters. The van der Waals surface area contributed by atoms with Gasteiger partial charge in [0.05, 0.1) is 44.2 Å². The van der Waals surface area contributed by atoms with E-state index in [-0.39, 0.29) is 0 Å². The summed E-state index contributed by atoms with van der Waals surface area (Å²) in [6, 6.07) is 101. The number of hydrogen-bond donors (Lipinski definition) is 0. The van der Waals surface area contributed by atoms with Crippen LogP contribution in [0.15, 0.2) is 283 Å². The maximum absolute atomic E-state index is 7.35. The number of hydrogen-bond acceptors (Lipinski definition) is 3. The largest absolute Gasteiger partial charge is 0.455 e. The van der Waals surface area contributed by atoms with Crippen LogP contribution in [0.1, 0.15) is 0 Å². The van der Waals surface area contributed by atoms with E-state index in [9.17, 15) is 0 Å². The lowest BCUT2D eigenvalue weighted by molar-refractivity contribution is 0.677. The predicted octanol–water partition coefficient (Wildman–Crippen LogP) is 20.2. The Kier molecular flexibility index (Phi) is 9.57. The van der Waals surface area contributed by atoms with Crippen molar-refractivity contribution in [2.75, 3.05) is 9.80 Å². The van der Waals surface area contributed by atoms with Crippen LogP contribution in [-0.4, -0.2) is 9.13 Å². The molecule has 0 aliphatic heterocycles. The Bertz CT molecular complexity index is 4970. The number of fused-ring (bicyclic) bond motifs is 15. The van der Waals surface area contributed by atoms with Crippen LogP contribution in [0.3, 0.4) is 0 Å². The molecule has 16 rings (SSSR count). The van der Waals surface area contributed by atoms with Crippen molar-refractivity contribution in [2.45, 2.75) is 0 Å². The van der Waals surface area contributed by atoms with Crippen molar-refractivity contribution in [1.29, 1.82) is 0 Å². The molecule has 3 heterocycles. The second-order valence-corrected chi connectivity index (χ2v) is 20.0. The van der Waals surface area contributed by atoms with Gasteiger partial charge < -0.3 is 23.4 Å². The van der Waals surface area contributed by atoms with Crippen LogP contribution in [0.5, 0.6) is 0 Å². The molecule has 360 valence electrons. The highest BCUT2D eigenvalue weighted by Crippen LogP contribution is 2.47. The molecule has 0 radical (unpaired) electrons. The average molecular weight is 983 g/mol. The van der Waals surface area contributed by atoms with E-state index in [1.165, 1.54) is 32.3 Å². The molecule has 5 heteroatoms. The Morgan fingerprint density at radius 2 is 0.662 bits per heavy atom. The summed E-state index contributed by atoms with van der Waals surface area (Å²) in [4.78, 5) is 4.75. The molecule has 0 amide bonds. The molecule has 16 aromatic rings. The molecule has 0 unspecified atom stereocenters. The highest BCUT2D eigenvalue weighted by Gasteiger charge is 2.24. The summed E-state index contributed by atoms with van der Waals surface area (Å²) in [5, 5.41) is 14.0. The molecule has 0 aliphatic rings. The molecule has 0 fully saturated rings. The molecule has 77 heavy (non-hydrogen) atoms. The second kappa shape index (κ2) is 17.1. The van der Waals surface area contributed by atoms with Crippen molar-refractivity contribution in [3.63, 3.8) is 0 Å². The van der Waals surface area contributed by atoms with Gasteiger partial charge in [0.15, 0.2) is 0 Å². The summed E-state index contributed by atoms with van der Waals surface area (Å²) in [5.41, 5.74) is 15.0. The third kappa shape index (κ3) is 6.60. The van der Waals surface area contributed by atoms with Crippen molar-refractivity contribution < 1.29 is 4.42 Å². The van der Waals surface area contributed by atoms with Crippen molar-refractivity contribution in [2.24, 2.45) is 0 Å². The van der Waals surface area contributed by atoms with E-state index < -0.39 is 0 Å². The fraction of sp³-hybridized carbons (Fsp3) is 0.